The van der Waals surface area contributed by atoms with Crippen LogP contribution in [0.3, 0.4) is 0 Å². The lowest BCUT2D eigenvalue weighted by Gasteiger charge is -2.15. The maximum atomic E-state index is 6.36. The van der Waals surface area contributed by atoms with Crippen molar-refractivity contribution in [2.75, 3.05) is 7.11 Å². The predicted molar refractivity (Wildman–Crippen MR) is 88.6 cm³/mol. The predicted octanol–water partition coefficient (Wildman–Crippen LogP) is 3.99. The van der Waals surface area contributed by atoms with Crippen LogP contribution in [0.4, 0.5) is 0 Å². The van der Waals surface area contributed by atoms with Gasteiger partial charge < -0.3 is 10.5 Å². The highest BCUT2D eigenvalue weighted by Gasteiger charge is 2.17. The number of benzene rings is 2. The van der Waals surface area contributed by atoms with Crippen molar-refractivity contribution in [3.05, 3.63) is 64.0 Å². The van der Waals surface area contributed by atoms with Crippen LogP contribution < -0.4 is 10.5 Å². The van der Waals surface area contributed by atoms with Crippen LogP contribution in [0.2, 0.25) is 10.3 Å². The number of hydrogen-bond donors (Lipinski definition) is 1. The van der Waals surface area contributed by atoms with Gasteiger partial charge in [-0.1, -0.05) is 35.9 Å². The summed E-state index contributed by atoms with van der Waals surface area (Å²) in [6.45, 7) is 0. The van der Waals surface area contributed by atoms with Crippen LogP contribution in [0.1, 0.15) is 17.3 Å². The molecule has 2 aromatic carbocycles. The lowest BCUT2D eigenvalue weighted by Crippen LogP contribution is -2.14. The van der Waals surface area contributed by atoms with Crippen molar-refractivity contribution in [3.63, 3.8) is 0 Å². The molecule has 0 radical (unpaired) electrons. The van der Waals surface area contributed by atoms with E-state index in [0.29, 0.717) is 16.2 Å². The van der Waals surface area contributed by atoms with Crippen molar-refractivity contribution in [2.45, 2.75) is 6.04 Å². The van der Waals surface area contributed by atoms with Gasteiger partial charge in [0, 0.05) is 5.39 Å². The fourth-order valence-corrected chi connectivity index (χ4v) is 2.71. The summed E-state index contributed by atoms with van der Waals surface area (Å²) < 4.78 is 5.15. The van der Waals surface area contributed by atoms with E-state index in [2.05, 4.69) is 9.97 Å². The molecule has 1 aromatic heterocycles. The first-order chi connectivity index (χ1) is 10.6. The van der Waals surface area contributed by atoms with E-state index in [-0.39, 0.29) is 5.28 Å². The van der Waals surface area contributed by atoms with Gasteiger partial charge in [-0.05, 0) is 35.4 Å². The third-order valence-electron chi connectivity index (χ3n) is 3.45. The smallest absolute Gasteiger partial charge is 0.223 e. The maximum absolute atomic E-state index is 6.36. The van der Waals surface area contributed by atoms with Gasteiger partial charge in [0.05, 0.1) is 29.4 Å². The van der Waals surface area contributed by atoms with Crippen molar-refractivity contribution in [1.82, 2.24) is 9.97 Å². The summed E-state index contributed by atoms with van der Waals surface area (Å²) in [5.74, 6) is 0.768. The summed E-state index contributed by atoms with van der Waals surface area (Å²) in [5.41, 5.74) is 8.50. The van der Waals surface area contributed by atoms with E-state index in [1.807, 2.05) is 36.4 Å². The quantitative estimate of drug-likeness (QED) is 0.736. The molecule has 0 saturated carbocycles. The second kappa shape index (κ2) is 6.08. The molecule has 0 aliphatic rings. The van der Waals surface area contributed by atoms with Crippen LogP contribution in [-0.4, -0.2) is 17.1 Å². The molecule has 0 aliphatic carbocycles. The molecular formula is C16H13Cl2N3O. The topological polar surface area (TPSA) is 61.0 Å². The molecule has 0 bridgehead atoms. The first kappa shape index (κ1) is 15.0. The molecule has 0 aliphatic heterocycles. The van der Waals surface area contributed by atoms with E-state index in [1.165, 1.54) is 0 Å². The second-order valence-corrected chi connectivity index (χ2v) is 5.51. The van der Waals surface area contributed by atoms with Gasteiger partial charge in [-0.3, -0.25) is 0 Å². The third kappa shape index (κ3) is 2.73. The first-order valence-corrected chi connectivity index (χ1v) is 7.37. The number of methoxy groups -OCH3 is 1. The Morgan fingerprint density at radius 2 is 1.77 bits per heavy atom. The molecule has 4 nitrogen and oxygen atoms in total. The van der Waals surface area contributed by atoms with Crippen LogP contribution in [0, 0.1) is 0 Å². The van der Waals surface area contributed by atoms with E-state index < -0.39 is 6.04 Å². The minimum Gasteiger partial charge on any atom is -0.497 e. The summed E-state index contributed by atoms with van der Waals surface area (Å²) in [6, 6.07) is 12.6. The van der Waals surface area contributed by atoms with Gasteiger partial charge in [-0.2, -0.15) is 0 Å². The highest BCUT2D eigenvalue weighted by molar-refractivity contribution is 6.35. The Kier molecular flexibility index (Phi) is 4.16. The summed E-state index contributed by atoms with van der Waals surface area (Å²) in [4.78, 5) is 8.49. The molecule has 1 atom stereocenters. The average Bonchev–Trinajstić information content (AvgIpc) is 2.54. The Hall–Kier alpha value is -1.88. The second-order valence-electron chi connectivity index (χ2n) is 4.76. The molecule has 3 rings (SSSR count). The SMILES string of the molecule is COc1ccc(C(N)c2nc(Cl)nc3c(Cl)cccc23)cc1. The van der Waals surface area contributed by atoms with Crippen LogP contribution in [0.5, 0.6) is 5.75 Å². The van der Waals surface area contributed by atoms with E-state index in [9.17, 15) is 0 Å². The molecule has 6 heteroatoms. The molecule has 0 amide bonds. The standard InChI is InChI=1S/C16H13Cl2N3O/c1-22-10-7-5-9(6-8-10)13(19)15-11-3-2-4-12(17)14(11)20-16(18)21-15/h2-8,13H,19H2,1H3. The number of hydrogen-bond acceptors (Lipinski definition) is 4. The monoisotopic (exact) mass is 333 g/mol. The molecule has 2 N–H and O–H groups in total. The fraction of sp³-hybridized carbons (Fsp3) is 0.125. The Labute approximate surface area is 137 Å². The minimum absolute atomic E-state index is 0.125. The summed E-state index contributed by atoms with van der Waals surface area (Å²) >= 11 is 12.2. The Morgan fingerprint density at radius 1 is 1.05 bits per heavy atom. The van der Waals surface area contributed by atoms with Gasteiger partial charge in [0.25, 0.3) is 0 Å². The zero-order chi connectivity index (χ0) is 15.7. The van der Waals surface area contributed by atoms with Gasteiger partial charge in [0.15, 0.2) is 0 Å². The Balaban J connectivity index is 2.13. The summed E-state index contributed by atoms with van der Waals surface area (Å²) in [5, 5.41) is 1.43. The molecule has 3 aromatic rings. The van der Waals surface area contributed by atoms with Gasteiger partial charge in [0.2, 0.25) is 5.28 Å². The number of aromatic nitrogens is 2. The van der Waals surface area contributed by atoms with Crippen molar-refractivity contribution >= 4 is 34.1 Å². The normalized spacial score (nSPS) is 12.4. The van der Waals surface area contributed by atoms with Gasteiger partial charge in [-0.25, -0.2) is 9.97 Å². The fourth-order valence-electron chi connectivity index (χ4n) is 2.32. The molecule has 22 heavy (non-hydrogen) atoms. The number of ether oxygens (including phenoxy) is 1. The van der Waals surface area contributed by atoms with Crippen molar-refractivity contribution in [2.24, 2.45) is 5.73 Å². The molecule has 1 unspecified atom stereocenters. The first-order valence-electron chi connectivity index (χ1n) is 6.61. The lowest BCUT2D eigenvalue weighted by atomic mass is 10.0. The highest BCUT2D eigenvalue weighted by atomic mass is 35.5. The van der Waals surface area contributed by atoms with E-state index in [4.69, 9.17) is 33.7 Å². The van der Waals surface area contributed by atoms with Crippen LogP contribution >= 0.6 is 23.2 Å². The molecular weight excluding hydrogens is 321 g/mol. The maximum Gasteiger partial charge on any atom is 0.223 e. The summed E-state index contributed by atoms with van der Waals surface area (Å²) in [6.07, 6.45) is 0. The minimum atomic E-state index is -0.438. The number of rotatable bonds is 3. The zero-order valence-electron chi connectivity index (χ0n) is 11.8. The summed E-state index contributed by atoms with van der Waals surface area (Å²) in [7, 11) is 1.62. The lowest BCUT2D eigenvalue weighted by molar-refractivity contribution is 0.414. The molecule has 0 saturated heterocycles. The van der Waals surface area contributed by atoms with Crippen molar-refractivity contribution < 1.29 is 4.74 Å². The van der Waals surface area contributed by atoms with Gasteiger partial charge in [0.1, 0.15) is 5.75 Å². The van der Waals surface area contributed by atoms with E-state index >= 15 is 0 Å². The highest BCUT2D eigenvalue weighted by Crippen LogP contribution is 2.30. The number of nitrogens with two attached hydrogens (primary N) is 1. The van der Waals surface area contributed by atoms with Crippen molar-refractivity contribution in [1.29, 1.82) is 0 Å². The average molecular weight is 334 g/mol. The molecule has 112 valence electrons. The van der Waals surface area contributed by atoms with Gasteiger partial charge in [-0.15, -0.1) is 0 Å². The van der Waals surface area contributed by atoms with Crippen LogP contribution in [0.15, 0.2) is 42.5 Å². The number of fused-ring (bicyclic) bond motifs is 1. The van der Waals surface area contributed by atoms with Crippen LogP contribution in [0.25, 0.3) is 10.9 Å². The Bertz CT molecular complexity index is 821. The van der Waals surface area contributed by atoms with Crippen LogP contribution in [-0.2, 0) is 0 Å². The number of nitrogens with zero attached hydrogens (tertiary/aromatic N) is 2. The third-order valence-corrected chi connectivity index (χ3v) is 3.92. The molecule has 0 spiro atoms. The van der Waals surface area contributed by atoms with Crippen molar-refractivity contribution in [3.8, 4) is 5.75 Å². The molecule has 1 heterocycles. The largest absolute Gasteiger partial charge is 0.497 e. The number of para-hydroxylation sites is 1. The van der Waals surface area contributed by atoms with Gasteiger partial charge >= 0.3 is 0 Å². The number of halogens is 2. The molecule has 0 fully saturated rings. The van der Waals surface area contributed by atoms with E-state index in [0.717, 1.165) is 16.7 Å². The van der Waals surface area contributed by atoms with E-state index in [1.54, 1.807) is 13.2 Å². The Morgan fingerprint density at radius 3 is 2.45 bits per heavy atom. The zero-order valence-corrected chi connectivity index (χ0v) is 13.3.